The van der Waals surface area contributed by atoms with Crippen LogP contribution in [0.4, 0.5) is 0 Å². The quantitative estimate of drug-likeness (QED) is 0.772. The standard InChI is InChI=1S/C18H27N5O2.ClH/c1-21-12-14(11-20-21)3-5-17(24)22-10-7-16-15(13-22)4-6-18(25)23(16)9-2-8-19;/h3,5,11-12,15-16H,2,4,6-10,13,19H2,1H3;1H/t15-,16+;/m0./s1. The Kier molecular flexibility index (Phi) is 7.23. The summed E-state index contributed by atoms with van der Waals surface area (Å²) in [7, 11) is 1.85. The van der Waals surface area contributed by atoms with Crippen LogP contribution in [0.25, 0.3) is 6.08 Å². The van der Waals surface area contributed by atoms with E-state index in [4.69, 9.17) is 5.73 Å². The van der Waals surface area contributed by atoms with E-state index in [9.17, 15) is 9.59 Å². The first-order valence-corrected chi connectivity index (χ1v) is 9.03. The topological polar surface area (TPSA) is 84.5 Å². The van der Waals surface area contributed by atoms with Gasteiger partial charge in [-0.3, -0.25) is 14.3 Å². The highest BCUT2D eigenvalue weighted by molar-refractivity contribution is 5.91. The third kappa shape index (κ3) is 4.65. The molecule has 2 amide bonds. The molecule has 0 aromatic carbocycles. The van der Waals surface area contributed by atoms with E-state index in [1.807, 2.05) is 23.0 Å². The van der Waals surface area contributed by atoms with Gasteiger partial charge >= 0.3 is 0 Å². The zero-order valence-corrected chi connectivity index (χ0v) is 16.0. The molecule has 0 bridgehead atoms. The number of nitrogens with zero attached hydrogens (tertiary/aromatic N) is 4. The Morgan fingerprint density at radius 1 is 1.42 bits per heavy atom. The van der Waals surface area contributed by atoms with E-state index in [1.165, 1.54) is 0 Å². The van der Waals surface area contributed by atoms with Crippen molar-refractivity contribution in [3.05, 3.63) is 24.0 Å². The molecule has 2 aliphatic heterocycles. The van der Waals surface area contributed by atoms with Gasteiger partial charge in [-0.05, 0) is 37.8 Å². The number of amides is 2. The van der Waals surface area contributed by atoms with E-state index in [2.05, 4.69) is 5.10 Å². The van der Waals surface area contributed by atoms with Crippen molar-refractivity contribution in [2.75, 3.05) is 26.2 Å². The Bertz CT molecular complexity index is 660. The molecule has 1 aromatic rings. The molecule has 7 nitrogen and oxygen atoms in total. The number of carbonyl (C=O) groups excluding carboxylic acids is 2. The van der Waals surface area contributed by atoms with Gasteiger partial charge in [-0.2, -0.15) is 5.10 Å². The Morgan fingerprint density at radius 2 is 2.23 bits per heavy atom. The molecule has 3 rings (SSSR count). The number of nitrogens with two attached hydrogens (primary N) is 1. The molecule has 2 N–H and O–H groups in total. The van der Waals surface area contributed by atoms with Gasteiger partial charge in [0.1, 0.15) is 0 Å². The maximum Gasteiger partial charge on any atom is 0.246 e. The third-order valence-corrected chi connectivity index (χ3v) is 5.20. The van der Waals surface area contributed by atoms with E-state index in [0.29, 0.717) is 25.4 Å². The molecule has 0 spiro atoms. The zero-order valence-electron chi connectivity index (χ0n) is 15.2. The SMILES string of the molecule is Cl.Cn1cc(C=CC(=O)N2CC[C@@H]3[C@@H](CCC(=O)N3CCCN)C2)cn1. The van der Waals surface area contributed by atoms with Crippen molar-refractivity contribution >= 4 is 30.3 Å². The molecule has 2 saturated heterocycles. The molecule has 3 heterocycles. The van der Waals surface area contributed by atoms with Gasteiger partial charge in [-0.15, -0.1) is 12.4 Å². The normalized spacial score (nSPS) is 23.1. The third-order valence-electron chi connectivity index (χ3n) is 5.20. The smallest absolute Gasteiger partial charge is 0.246 e. The second kappa shape index (κ2) is 9.19. The summed E-state index contributed by atoms with van der Waals surface area (Å²) in [6.45, 7) is 2.77. The van der Waals surface area contributed by atoms with Gasteiger partial charge in [-0.25, -0.2) is 0 Å². The summed E-state index contributed by atoms with van der Waals surface area (Å²) in [5, 5.41) is 4.10. The lowest BCUT2D eigenvalue weighted by Gasteiger charge is -2.47. The number of piperidine rings is 2. The molecule has 2 atom stereocenters. The number of aryl methyl sites for hydroxylation is 1. The fourth-order valence-electron chi connectivity index (χ4n) is 3.90. The minimum Gasteiger partial charge on any atom is -0.339 e. The highest BCUT2D eigenvalue weighted by Gasteiger charge is 2.39. The number of halogens is 1. The number of rotatable bonds is 5. The molecule has 1 aromatic heterocycles. The van der Waals surface area contributed by atoms with Crippen LogP contribution in [0.2, 0.25) is 0 Å². The maximum atomic E-state index is 12.5. The van der Waals surface area contributed by atoms with Gasteiger partial charge in [-0.1, -0.05) is 0 Å². The predicted molar refractivity (Wildman–Crippen MR) is 103 cm³/mol. The van der Waals surface area contributed by atoms with E-state index in [1.54, 1.807) is 23.0 Å². The summed E-state index contributed by atoms with van der Waals surface area (Å²) < 4.78 is 1.71. The van der Waals surface area contributed by atoms with Crippen molar-refractivity contribution in [1.29, 1.82) is 0 Å². The maximum absolute atomic E-state index is 12.5. The molecule has 8 heteroatoms. The lowest BCUT2D eigenvalue weighted by molar-refractivity contribution is -0.143. The monoisotopic (exact) mass is 381 g/mol. The van der Waals surface area contributed by atoms with E-state index < -0.39 is 0 Å². The molecule has 26 heavy (non-hydrogen) atoms. The average molecular weight is 382 g/mol. The second-order valence-electron chi connectivity index (χ2n) is 6.95. The summed E-state index contributed by atoms with van der Waals surface area (Å²) in [5.41, 5.74) is 6.52. The van der Waals surface area contributed by atoms with E-state index in [0.717, 1.165) is 37.9 Å². The van der Waals surface area contributed by atoms with Crippen LogP contribution in [-0.2, 0) is 16.6 Å². The number of fused-ring (bicyclic) bond motifs is 1. The highest BCUT2D eigenvalue weighted by Crippen LogP contribution is 2.31. The summed E-state index contributed by atoms with van der Waals surface area (Å²) >= 11 is 0. The van der Waals surface area contributed by atoms with Crippen LogP contribution in [0, 0.1) is 5.92 Å². The minimum atomic E-state index is 0. The lowest BCUT2D eigenvalue weighted by Crippen LogP contribution is -2.57. The Labute approximate surface area is 160 Å². The zero-order chi connectivity index (χ0) is 17.8. The molecular weight excluding hydrogens is 354 g/mol. The molecule has 2 fully saturated rings. The highest BCUT2D eigenvalue weighted by atomic mass is 35.5. The van der Waals surface area contributed by atoms with Gasteiger partial charge in [0.15, 0.2) is 0 Å². The fraction of sp³-hybridized carbons (Fsp3) is 0.611. The summed E-state index contributed by atoms with van der Waals surface area (Å²) in [4.78, 5) is 28.6. The van der Waals surface area contributed by atoms with Crippen molar-refractivity contribution in [2.24, 2.45) is 18.7 Å². The summed E-state index contributed by atoms with van der Waals surface area (Å²) in [6.07, 6.45) is 10.2. The molecule has 0 saturated carbocycles. The number of likely N-dealkylation sites (tertiary alicyclic amines) is 2. The van der Waals surface area contributed by atoms with Crippen LogP contribution < -0.4 is 5.73 Å². The van der Waals surface area contributed by atoms with Crippen molar-refractivity contribution in [3.8, 4) is 0 Å². The van der Waals surface area contributed by atoms with Crippen molar-refractivity contribution in [2.45, 2.75) is 31.7 Å². The first-order valence-electron chi connectivity index (χ1n) is 9.03. The van der Waals surface area contributed by atoms with Crippen molar-refractivity contribution < 1.29 is 9.59 Å². The molecule has 144 valence electrons. The number of hydrogen-bond acceptors (Lipinski definition) is 4. The lowest BCUT2D eigenvalue weighted by atomic mass is 9.83. The van der Waals surface area contributed by atoms with Crippen LogP contribution in [0.5, 0.6) is 0 Å². The van der Waals surface area contributed by atoms with Crippen LogP contribution in [0.3, 0.4) is 0 Å². The van der Waals surface area contributed by atoms with Gasteiger partial charge in [0.2, 0.25) is 11.8 Å². The van der Waals surface area contributed by atoms with Crippen LogP contribution in [-0.4, -0.2) is 63.6 Å². The fourth-order valence-corrected chi connectivity index (χ4v) is 3.90. The van der Waals surface area contributed by atoms with E-state index in [-0.39, 0.29) is 30.3 Å². The van der Waals surface area contributed by atoms with Crippen LogP contribution >= 0.6 is 12.4 Å². The van der Waals surface area contributed by atoms with Gasteiger partial charge in [0.05, 0.1) is 6.20 Å². The largest absolute Gasteiger partial charge is 0.339 e. The molecule has 0 radical (unpaired) electrons. The number of aromatic nitrogens is 2. The Balaban J connectivity index is 0.00000243. The first kappa shape index (κ1) is 20.5. The Hall–Kier alpha value is -1.86. The number of hydrogen-bond donors (Lipinski definition) is 1. The number of carbonyl (C=O) groups is 2. The van der Waals surface area contributed by atoms with Gasteiger partial charge in [0, 0.05) is 57.0 Å². The second-order valence-corrected chi connectivity index (χ2v) is 6.95. The van der Waals surface area contributed by atoms with Crippen LogP contribution in [0.1, 0.15) is 31.2 Å². The molecule has 2 aliphatic rings. The summed E-state index contributed by atoms with van der Waals surface area (Å²) in [6, 6.07) is 0.263. The van der Waals surface area contributed by atoms with Crippen molar-refractivity contribution in [1.82, 2.24) is 19.6 Å². The first-order chi connectivity index (χ1) is 12.1. The molecule has 0 aliphatic carbocycles. The average Bonchev–Trinajstić information content (AvgIpc) is 3.04. The molecule has 0 unspecified atom stereocenters. The predicted octanol–water partition coefficient (Wildman–Crippen LogP) is 1.04. The molecular formula is C18H28ClN5O2. The summed E-state index contributed by atoms with van der Waals surface area (Å²) in [5.74, 6) is 0.652. The van der Waals surface area contributed by atoms with Crippen LogP contribution in [0.15, 0.2) is 18.5 Å². The van der Waals surface area contributed by atoms with Crippen molar-refractivity contribution in [3.63, 3.8) is 0 Å². The van der Waals surface area contributed by atoms with E-state index >= 15 is 0 Å². The van der Waals surface area contributed by atoms with Gasteiger partial charge in [0.25, 0.3) is 0 Å². The minimum absolute atomic E-state index is 0. The Morgan fingerprint density at radius 3 is 2.92 bits per heavy atom. The van der Waals surface area contributed by atoms with Gasteiger partial charge < -0.3 is 15.5 Å².